The number of furan rings is 1. The molecule has 10 heteroatoms. The molecule has 0 aliphatic rings. The Hall–Kier alpha value is -2.74. The lowest BCUT2D eigenvalue weighted by Gasteiger charge is -2.11. The lowest BCUT2D eigenvalue weighted by Crippen LogP contribution is -2.14. The van der Waals surface area contributed by atoms with Crippen molar-refractivity contribution in [1.29, 1.82) is 0 Å². The Bertz CT molecular complexity index is 960. The zero-order valence-corrected chi connectivity index (χ0v) is 16.8. The summed E-state index contributed by atoms with van der Waals surface area (Å²) >= 11 is 0. The highest BCUT2D eigenvalue weighted by molar-refractivity contribution is 7.62. The molecule has 0 amide bonds. The van der Waals surface area contributed by atoms with E-state index in [1.165, 1.54) is 21.3 Å². The molecule has 0 fully saturated rings. The zero-order chi connectivity index (χ0) is 20.1. The molecule has 0 unspecified atom stereocenters. The van der Waals surface area contributed by atoms with Crippen molar-refractivity contribution in [1.82, 2.24) is 4.98 Å². The number of aromatic nitrogens is 1. The van der Waals surface area contributed by atoms with E-state index in [-0.39, 0.29) is 17.2 Å². The second kappa shape index (κ2) is 8.52. The minimum atomic E-state index is -3.67. The second-order valence-electron chi connectivity index (χ2n) is 5.54. The van der Waals surface area contributed by atoms with E-state index >= 15 is 0 Å². The molecule has 1 aromatic carbocycles. The normalized spacial score (nSPS) is 11.4. The van der Waals surface area contributed by atoms with Gasteiger partial charge in [-0.05, 0) is 30.3 Å². The number of benzene rings is 1. The van der Waals surface area contributed by atoms with Gasteiger partial charge in [-0.25, -0.2) is 0 Å². The quantitative estimate of drug-likeness (QED) is 0.531. The number of oxazole rings is 1. The largest absolute Gasteiger partial charge is 0.493 e. The van der Waals surface area contributed by atoms with E-state index < -0.39 is 7.60 Å². The Balaban J connectivity index is 2.01. The fraction of sp³-hybridized carbons (Fsp3) is 0.278. The molecule has 3 rings (SSSR count). The molecule has 3 aromatic rings. The van der Waals surface area contributed by atoms with Gasteiger partial charge in [-0.3, -0.25) is 4.57 Å². The van der Waals surface area contributed by atoms with Crippen LogP contribution in [0.2, 0.25) is 0 Å². The van der Waals surface area contributed by atoms with E-state index in [2.05, 4.69) is 10.3 Å². The predicted octanol–water partition coefficient (Wildman–Crippen LogP) is 3.68. The average molecular weight is 408 g/mol. The maximum Gasteiger partial charge on any atom is 0.384 e. The van der Waals surface area contributed by atoms with Crippen molar-refractivity contribution in [3.63, 3.8) is 0 Å². The van der Waals surface area contributed by atoms with Crippen molar-refractivity contribution >= 4 is 18.9 Å². The molecule has 9 nitrogen and oxygen atoms in total. The van der Waals surface area contributed by atoms with Crippen LogP contribution in [-0.4, -0.2) is 33.4 Å². The molecule has 0 bridgehead atoms. The molecule has 2 aromatic heterocycles. The smallest absolute Gasteiger partial charge is 0.384 e. The zero-order valence-electron chi connectivity index (χ0n) is 15.9. The van der Waals surface area contributed by atoms with Crippen LogP contribution in [0.3, 0.4) is 0 Å². The first-order valence-corrected chi connectivity index (χ1v) is 9.80. The summed E-state index contributed by atoms with van der Waals surface area (Å²) < 4.78 is 44.8. The predicted molar refractivity (Wildman–Crippen MR) is 102 cm³/mol. The van der Waals surface area contributed by atoms with E-state index in [0.717, 1.165) is 0 Å². The monoisotopic (exact) mass is 408 g/mol. The maximum atomic E-state index is 12.9. The fourth-order valence-electron chi connectivity index (χ4n) is 2.53. The Morgan fingerprint density at radius 1 is 1.07 bits per heavy atom. The van der Waals surface area contributed by atoms with Crippen LogP contribution in [0, 0.1) is 0 Å². The van der Waals surface area contributed by atoms with Gasteiger partial charge in [-0.2, -0.15) is 4.98 Å². The number of nitrogens with zero attached hydrogens (tertiary/aromatic N) is 1. The number of nitrogens with one attached hydrogen (secondary N) is 1. The first kappa shape index (κ1) is 20.0. The van der Waals surface area contributed by atoms with E-state index in [9.17, 15) is 4.57 Å². The van der Waals surface area contributed by atoms with Gasteiger partial charge < -0.3 is 32.7 Å². The first-order valence-electron chi connectivity index (χ1n) is 8.26. The van der Waals surface area contributed by atoms with Crippen LogP contribution in [0.4, 0.5) is 5.88 Å². The third-order valence-electron chi connectivity index (χ3n) is 3.98. The lowest BCUT2D eigenvalue weighted by molar-refractivity contribution is 0.286. The number of hydrogen-bond acceptors (Lipinski definition) is 9. The van der Waals surface area contributed by atoms with Gasteiger partial charge in [0, 0.05) is 19.8 Å². The molecule has 28 heavy (non-hydrogen) atoms. The van der Waals surface area contributed by atoms with E-state index in [4.69, 9.17) is 27.4 Å². The van der Waals surface area contributed by atoms with Crippen molar-refractivity contribution in [2.24, 2.45) is 0 Å². The Morgan fingerprint density at radius 3 is 2.43 bits per heavy atom. The van der Waals surface area contributed by atoms with Crippen LogP contribution in [0.5, 0.6) is 11.5 Å². The fourth-order valence-corrected chi connectivity index (χ4v) is 3.62. The number of methoxy groups -OCH3 is 2. The summed E-state index contributed by atoms with van der Waals surface area (Å²) in [5.41, 5.74) is 0.637. The molecular weight excluding hydrogens is 387 g/mol. The number of ether oxygens (including phenoxy) is 2. The number of anilines is 1. The third kappa shape index (κ3) is 3.91. The molecular formula is C18H21N2O7P. The van der Waals surface area contributed by atoms with Crippen LogP contribution in [0.15, 0.2) is 45.4 Å². The summed E-state index contributed by atoms with van der Waals surface area (Å²) in [6.07, 6.45) is 1.56. The maximum absolute atomic E-state index is 12.9. The SMILES string of the molecule is COc1ccc(-c2nc(P(=O)(OC)OC)c(NCc3ccco3)o2)cc1OC. The van der Waals surface area contributed by atoms with Gasteiger partial charge in [0.2, 0.25) is 17.2 Å². The molecule has 0 aliphatic carbocycles. The average Bonchev–Trinajstić information content (AvgIpc) is 3.41. The van der Waals surface area contributed by atoms with Crippen LogP contribution < -0.4 is 20.2 Å². The van der Waals surface area contributed by atoms with Crippen molar-refractivity contribution in [2.75, 3.05) is 33.8 Å². The molecule has 150 valence electrons. The first-order chi connectivity index (χ1) is 13.5. The van der Waals surface area contributed by atoms with Crippen LogP contribution in [0.1, 0.15) is 5.76 Å². The summed E-state index contributed by atoms with van der Waals surface area (Å²) in [7, 11) is 1.98. The van der Waals surface area contributed by atoms with Gasteiger partial charge in [0.15, 0.2) is 11.5 Å². The van der Waals surface area contributed by atoms with Gasteiger partial charge in [0.1, 0.15) is 5.76 Å². The van der Waals surface area contributed by atoms with Gasteiger partial charge in [-0.1, -0.05) is 0 Å². The highest BCUT2D eigenvalue weighted by Gasteiger charge is 2.34. The number of hydrogen-bond donors (Lipinski definition) is 1. The lowest BCUT2D eigenvalue weighted by atomic mass is 10.2. The van der Waals surface area contributed by atoms with Crippen LogP contribution in [0.25, 0.3) is 11.5 Å². The van der Waals surface area contributed by atoms with Crippen molar-refractivity contribution < 1.29 is 31.9 Å². The van der Waals surface area contributed by atoms with Gasteiger partial charge in [0.05, 0.1) is 27.0 Å². The minimum Gasteiger partial charge on any atom is -0.493 e. The topological polar surface area (TPSA) is 105 Å². The minimum absolute atomic E-state index is 0.0360. The van der Waals surface area contributed by atoms with Crippen LogP contribution >= 0.6 is 7.60 Å². The molecule has 0 atom stereocenters. The summed E-state index contributed by atoms with van der Waals surface area (Å²) in [5.74, 6) is 2.11. The van der Waals surface area contributed by atoms with Gasteiger partial charge in [-0.15, -0.1) is 0 Å². The summed E-state index contributed by atoms with van der Waals surface area (Å²) in [5, 5.41) is 3.02. The highest BCUT2D eigenvalue weighted by Crippen LogP contribution is 2.48. The Kier molecular flexibility index (Phi) is 6.08. The molecule has 0 radical (unpaired) electrons. The van der Waals surface area contributed by atoms with Crippen molar-refractivity contribution in [2.45, 2.75) is 6.54 Å². The molecule has 0 saturated heterocycles. The molecule has 1 N–H and O–H groups in total. The van der Waals surface area contributed by atoms with Crippen molar-refractivity contribution in [3.8, 4) is 23.0 Å². The van der Waals surface area contributed by atoms with Crippen LogP contribution in [-0.2, 0) is 20.2 Å². The molecule has 0 saturated carbocycles. The van der Waals surface area contributed by atoms with E-state index in [0.29, 0.717) is 29.4 Å². The van der Waals surface area contributed by atoms with Gasteiger partial charge in [0.25, 0.3) is 0 Å². The molecule has 0 aliphatic heterocycles. The number of rotatable bonds is 9. The van der Waals surface area contributed by atoms with Gasteiger partial charge >= 0.3 is 7.60 Å². The molecule has 0 spiro atoms. The van der Waals surface area contributed by atoms with E-state index in [1.54, 1.807) is 43.7 Å². The summed E-state index contributed by atoms with van der Waals surface area (Å²) in [4.78, 5) is 4.36. The Labute approximate surface area is 162 Å². The van der Waals surface area contributed by atoms with Crippen molar-refractivity contribution in [3.05, 3.63) is 42.4 Å². The molecule has 2 heterocycles. The second-order valence-corrected chi connectivity index (χ2v) is 7.69. The summed E-state index contributed by atoms with van der Waals surface area (Å²) in [6, 6.07) is 8.74. The highest BCUT2D eigenvalue weighted by atomic mass is 31.2. The van der Waals surface area contributed by atoms with E-state index in [1.807, 2.05) is 0 Å². The summed E-state index contributed by atoms with van der Waals surface area (Å²) in [6.45, 7) is 0.300. The third-order valence-corrected chi connectivity index (χ3v) is 5.77. The standard InChI is InChI=1S/C18H21N2O7P/c1-22-14-8-7-12(10-15(14)23-2)16-20-18(28(21,24-3)25-4)17(27-16)19-11-13-6-5-9-26-13/h5-10,19H,11H2,1-4H3. The Morgan fingerprint density at radius 2 is 1.82 bits per heavy atom.